The summed E-state index contributed by atoms with van der Waals surface area (Å²) in [6, 6.07) is 11.5. The minimum Gasteiger partial charge on any atom is -0.461 e. The van der Waals surface area contributed by atoms with E-state index in [1.54, 1.807) is 18.4 Å². The summed E-state index contributed by atoms with van der Waals surface area (Å²) in [5.74, 6) is 8.06. The topological polar surface area (TPSA) is 109 Å². The number of rotatable bonds is 5. The molecule has 2 N–H and O–H groups in total. The third kappa shape index (κ3) is 3.08. The Morgan fingerprint density at radius 2 is 1.88 bits per heavy atom. The van der Waals surface area contributed by atoms with Gasteiger partial charge in [0.05, 0.1) is 11.5 Å². The Balaban J connectivity index is 1.52. The number of benzene rings is 1. The van der Waals surface area contributed by atoms with Gasteiger partial charge in [-0.1, -0.05) is 29.5 Å². The Hall–Kier alpha value is -3.07. The van der Waals surface area contributed by atoms with Crippen molar-refractivity contribution in [2.45, 2.75) is 24.3 Å². The molecule has 0 amide bonds. The standard InChI is InChI=1S/C17H16N6O2S/c1-10-5-7-12(8-6-10)16-21-20-15(25-16)11(2)26-17-22-19-14(23(17)18)13-4-3-9-24-13/h3-9,11H,18H2,1-2H3/t11-/m1/s1. The molecule has 132 valence electrons. The number of nitrogen functional groups attached to an aromatic ring is 1. The van der Waals surface area contributed by atoms with E-state index in [1.165, 1.54) is 22.0 Å². The second kappa shape index (κ2) is 6.68. The summed E-state index contributed by atoms with van der Waals surface area (Å²) in [5.41, 5.74) is 2.06. The average molecular weight is 368 g/mol. The highest BCUT2D eigenvalue weighted by Crippen LogP contribution is 2.34. The van der Waals surface area contributed by atoms with Crippen molar-refractivity contribution >= 4 is 11.8 Å². The van der Waals surface area contributed by atoms with Crippen LogP contribution in [0.2, 0.25) is 0 Å². The molecule has 8 nitrogen and oxygen atoms in total. The summed E-state index contributed by atoms with van der Waals surface area (Å²) in [7, 11) is 0. The van der Waals surface area contributed by atoms with Gasteiger partial charge >= 0.3 is 0 Å². The monoisotopic (exact) mass is 368 g/mol. The minimum atomic E-state index is -0.141. The van der Waals surface area contributed by atoms with Crippen LogP contribution in [0.3, 0.4) is 0 Å². The van der Waals surface area contributed by atoms with Crippen molar-refractivity contribution in [2.75, 3.05) is 5.84 Å². The quantitative estimate of drug-likeness (QED) is 0.421. The second-order valence-electron chi connectivity index (χ2n) is 5.73. The van der Waals surface area contributed by atoms with Crippen molar-refractivity contribution in [3.63, 3.8) is 0 Å². The van der Waals surface area contributed by atoms with E-state index in [-0.39, 0.29) is 5.25 Å². The number of aryl methyl sites for hydroxylation is 1. The fourth-order valence-electron chi connectivity index (χ4n) is 2.35. The number of furan rings is 1. The van der Waals surface area contributed by atoms with Crippen LogP contribution in [-0.4, -0.2) is 25.1 Å². The van der Waals surface area contributed by atoms with E-state index in [4.69, 9.17) is 14.7 Å². The van der Waals surface area contributed by atoms with Gasteiger partial charge in [0.2, 0.25) is 22.8 Å². The fraction of sp³-hybridized carbons (Fsp3) is 0.176. The molecule has 0 aliphatic heterocycles. The lowest BCUT2D eigenvalue weighted by atomic mass is 10.1. The van der Waals surface area contributed by atoms with Gasteiger partial charge in [0.1, 0.15) is 0 Å². The Morgan fingerprint density at radius 3 is 2.62 bits per heavy atom. The maximum absolute atomic E-state index is 6.08. The highest BCUT2D eigenvalue weighted by atomic mass is 32.2. The molecule has 0 saturated heterocycles. The summed E-state index contributed by atoms with van der Waals surface area (Å²) >= 11 is 1.38. The molecule has 0 saturated carbocycles. The van der Waals surface area contributed by atoms with Gasteiger partial charge in [-0.2, -0.15) is 0 Å². The molecular weight excluding hydrogens is 352 g/mol. The van der Waals surface area contributed by atoms with E-state index in [0.29, 0.717) is 28.5 Å². The summed E-state index contributed by atoms with van der Waals surface area (Å²) in [4.78, 5) is 0. The first kappa shape index (κ1) is 16.4. The molecule has 0 bridgehead atoms. The van der Waals surface area contributed by atoms with E-state index in [2.05, 4.69) is 20.4 Å². The maximum atomic E-state index is 6.08. The average Bonchev–Trinajstić information content (AvgIpc) is 3.37. The van der Waals surface area contributed by atoms with Gasteiger partial charge in [0.15, 0.2) is 5.76 Å². The van der Waals surface area contributed by atoms with Crippen molar-refractivity contribution in [2.24, 2.45) is 0 Å². The van der Waals surface area contributed by atoms with E-state index in [0.717, 1.165) is 5.56 Å². The molecule has 1 atom stereocenters. The Morgan fingerprint density at radius 1 is 1.08 bits per heavy atom. The summed E-state index contributed by atoms with van der Waals surface area (Å²) in [6.07, 6.45) is 1.56. The van der Waals surface area contributed by atoms with Crippen molar-refractivity contribution in [3.8, 4) is 23.0 Å². The van der Waals surface area contributed by atoms with Gasteiger partial charge in [-0.15, -0.1) is 20.4 Å². The molecule has 0 aliphatic carbocycles. The molecule has 0 radical (unpaired) electrons. The third-order valence-electron chi connectivity index (χ3n) is 3.78. The maximum Gasteiger partial charge on any atom is 0.247 e. The summed E-state index contributed by atoms with van der Waals surface area (Å²) in [6.45, 7) is 3.97. The molecule has 9 heteroatoms. The van der Waals surface area contributed by atoms with Crippen LogP contribution in [0.15, 0.2) is 56.7 Å². The lowest BCUT2D eigenvalue weighted by Gasteiger charge is -2.06. The summed E-state index contributed by atoms with van der Waals surface area (Å²) in [5, 5.41) is 16.8. The van der Waals surface area contributed by atoms with Crippen LogP contribution in [-0.2, 0) is 0 Å². The molecular formula is C17H16N6O2S. The van der Waals surface area contributed by atoms with Crippen molar-refractivity contribution in [1.82, 2.24) is 25.1 Å². The van der Waals surface area contributed by atoms with E-state index >= 15 is 0 Å². The molecule has 26 heavy (non-hydrogen) atoms. The van der Waals surface area contributed by atoms with Crippen molar-refractivity contribution in [3.05, 3.63) is 54.1 Å². The first-order valence-electron chi connectivity index (χ1n) is 7.93. The third-order valence-corrected chi connectivity index (χ3v) is 4.82. The Kier molecular flexibility index (Phi) is 4.21. The molecule has 3 aromatic heterocycles. The Bertz CT molecular complexity index is 1010. The number of hydrogen-bond acceptors (Lipinski definition) is 8. The molecule has 4 rings (SSSR count). The van der Waals surface area contributed by atoms with E-state index in [9.17, 15) is 0 Å². The molecule has 3 heterocycles. The molecule has 4 aromatic rings. The van der Waals surface area contributed by atoms with Crippen molar-refractivity contribution in [1.29, 1.82) is 0 Å². The lowest BCUT2D eigenvalue weighted by molar-refractivity contribution is 0.509. The van der Waals surface area contributed by atoms with Crippen LogP contribution in [0.1, 0.15) is 23.6 Å². The second-order valence-corrected chi connectivity index (χ2v) is 7.03. The van der Waals surface area contributed by atoms with Gasteiger partial charge in [-0.3, -0.25) is 0 Å². The van der Waals surface area contributed by atoms with Gasteiger partial charge in [0, 0.05) is 5.56 Å². The van der Waals surface area contributed by atoms with Gasteiger partial charge < -0.3 is 14.7 Å². The zero-order chi connectivity index (χ0) is 18.1. The SMILES string of the molecule is Cc1ccc(-c2nnc([C@@H](C)Sc3nnc(-c4ccco4)n3N)o2)cc1. The molecule has 0 spiro atoms. The van der Waals surface area contributed by atoms with Crippen LogP contribution in [0.5, 0.6) is 0 Å². The van der Waals surface area contributed by atoms with E-state index < -0.39 is 0 Å². The van der Waals surface area contributed by atoms with Gasteiger partial charge in [0.25, 0.3) is 0 Å². The predicted molar refractivity (Wildman–Crippen MR) is 96.6 cm³/mol. The summed E-state index contributed by atoms with van der Waals surface area (Å²) < 4.78 is 12.5. The number of nitrogens with two attached hydrogens (primary N) is 1. The van der Waals surface area contributed by atoms with Crippen LogP contribution >= 0.6 is 11.8 Å². The molecule has 0 aliphatic rings. The molecule has 0 unspecified atom stereocenters. The number of thioether (sulfide) groups is 1. The van der Waals surface area contributed by atoms with Crippen LogP contribution in [0.25, 0.3) is 23.0 Å². The zero-order valence-corrected chi connectivity index (χ0v) is 15.0. The number of nitrogens with zero attached hydrogens (tertiary/aromatic N) is 5. The van der Waals surface area contributed by atoms with Crippen LogP contribution in [0.4, 0.5) is 0 Å². The van der Waals surface area contributed by atoms with Crippen LogP contribution in [0, 0.1) is 6.92 Å². The fourth-order valence-corrected chi connectivity index (χ4v) is 3.15. The highest BCUT2D eigenvalue weighted by molar-refractivity contribution is 7.99. The smallest absolute Gasteiger partial charge is 0.247 e. The highest BCUT2D eigenvalue weighted by Gasteiger charge is 2.21. The minimum absolute atomic E-state index is 0.141. The van der Waals surface area contributed by atoms with Gasteiger partial charge in [-0.25, -0.2) is 4.68 Å². The number of hydrogen-bond donors (Lipinski definition) is 1. The van der Waals surface area contributed by atoms with Crippen molar-refractivity contribution < 1.29 is 8.83 Å². The molecule has 0 fully saturated rings. The normalized spacial score (nSPS) is 12.4. The van der Waals surface area contributed by atoms with Crippen LogP contribution < -0.4 is 5.84 Å². The number of aromatic nitrogens is 5. The zero-order valence-electron chi connectivity index (χ0n) is 14.2. The predicted octanol–water partition coefficient (Wildman–Crippen LogP) is 3.46. The first-order valence-corrected chi connectivity index (χ1v) is 8.81. The Labute approximate surface area is 153 Å². The van der Waals surface area contributed by atoms with Gasteiger partial charge in [-0.05, 0) is 38.1 Å². The first-order chi connectivity index (χ1) is 12.6. The largest absolute Gasteiger partial charge is 0.461 e. The molecule has 1 aromatic carbocycles. The lowest BCUT2D eigenvalue weighted by Crippen LogP contribution is -2.11. The van der Waals surface area contributed by atoms with E-state index in [1.807, 2.05) is 38.1 Å².